The summed E-state index contributed by atoms with van der Waals surface area (Å²) in [5.41, 5.74) is 5.36. The van der Waals surface area contributed by atoms with Crippen molar-refractivity contribution in [1.82, 2.24) is 10.3 Å². The van der Waals surface area contributed by atoms with Crippen LogP contribution < -0.4 is 5.32 Å². The van der Waals surface area contributed by atoms with Gasteiger partial charge < -0.3 is 10.3 Å². The summed E-state index contributed by atoms with van der Waals surface area (Å²) in [5, 5.41) is 5.69. The van der Waals surface area contributed by atoms with Gasteiger partial charge in [0.1, 0.15) is 0 Å². The minimum atomic E-state index is 0. The van der Waals surface area contributed by atoms with Gasteiger partial charge in [0, 0.05) is 47.0 Å². The van der Waals surface area contributed by atoms with Crippen molar-refractivity contribution < 1.29 is 0 Å². The molecule has 1 aromatic heterocycles. The van der Waals surface area contributed by atoms with Crippen LogP contribution in [0.5, 0.6) is 0 Å². The van der Waals surface area contributed by atoms with E-state index < -0.39 is 0 Å². The summed E-state index contributed by atoms with van der Waals surface area (Å²) >= 11 is 6.04. The van der Waals surface area contributed by atoms with Crippen molar-refractivity contribution in [3.8, 4) is 0 Å². The fourth-order valence-electron chi connectivity index (χ4n) is 3.36. The molecule has 2 nitrogen and oxygen atoms in total. The van der Waals surface area contributed by atoms with Crippen LogP contribution in [0, 0.1) is 0 Å². The lowest BCUT2D eigenvalue weighted by Gasteiger charge is -2.17. The van der Waals surface area contributed by atoms with E-state index in [9.17, 15) is 0 Å². The summed E-state index contributed by atoms with van der Waals surface area (Å²) in [5.74, 6) is 0.371. The van der Waals surface area contributed by atoms with Gasteiger partial charge in [-0.2, -0.15) is 0 Å². The van der Waals surface area contributed by atoms with Crippen molar-refractivity contribution in [3.05, 3.63) is 70.4 Å². The number of hydrogen-bond acceptors (Lipinski definition) is 1. The molecule has 1 atom stereocenters. The number of aromatic amines is 1. The van der Waals surface area contributed by atoms with Crippen LogP contribution in [0.2, 0.25) is 5.02 Å². The standard InChI is InChI=1S/C18H17ClN2.ClH/c19-13-7-5-12(6-8-13)15-11-20-10-9-17-18(15)14-3-1-2-4-16(14)21-17;/h1-8,15,20-21H,9-11H2;1H. The van der Waals surface area contributed by atoms with Gasteiger partial charge in [-0.3, -0.25) is 0 Å². The molecule has 0 radical (unpaired) electrons. The summed E-state index contributed by atoms with van der Waals surface area (Å²) in [6.07, 6.45) is 1.05. The number of rotatable bonds is 1. The van der Waals surface area contributed by atoms with Gasteiger partial charge in [-0.25, -0.2) is 0 Å². The van der Waals surface area contributed by atoms with E-state index in [2.05, 4.69) is 46.7 Å². The summed E-state index contributed by atoms with van der Waals surface area (Å²) < 4.78 is 0. The molecule has 0 bridgehead atoms. The van der Waals surface area contributed by atoms with Crippen LogP contribution >= 0.6 is 24.0 Å². The lowest BCUT2D eigenvalue weighted by molar-refractivity contribution is 0.665. The van der Waals surface area contributed by atoms with Crippen molar-refractivity contribution in [1.29, 1.82) is 0 Å². The Labute approximate surface area is 141 Å². The van der Waals surface area contributed by atoms with Crippen LogP contribution in [0.1, 0.15) is 22.7 Å². The highest BCUT2D eigenvalue weighted by Gasteiger charge is 2.24. The topological polar surface area (TPSA) is 27.8 Å². The Bertz CT molecular complexity index is 777. The van der Waals surface area contributed by atoms with Gasteiger partial charge in [-0.1, -0.05) is 41.9 Å². The van der Waals surface area contributed by atoms with Gasteiger partial charge in [0.15, 0.2) is 0 Å². The molecule has 22 heavy (non-hydrogen) atoms. The fraction of sp³-hybridized carbons (Fsp3) is 0.222. The number of benzene rings is 2. The second-order valence-electron chi connectivity index (χ2n) is 5.62. The summed E-state index contributed by atoms with van der Waals surface area (Å²) in [7, 11) is 0. The third-order valence-electron chi connectivity index (χ3n) is 4.35. The Hall–Kier alpha value is -1.48. The van der Waals surface area contributed by atoms with Crippen LogP contribution in [0.15, 0.2) is 48.5 Å². The Morgan fingerprint density at radius 1 is 1.00 bits per heavy atom. The zero-order valence-corrected chi connectivity index (χ0v) is 13.7. The number of halogens is 2. The minimum Gasteiger partial charge on any atom is -0.358 e. The molecule has 4 rings (SSSR count). The number of nitrogens with one attached hydrogen (secondary N) is 2. The smallest absolute Gasteiger partial charge is 0.0459 e. The Morgan fingerprint density at radius 2 is 1.77 bits per heavy atom. The highest BCUT2D eigenvalue weighted by Crippen LogP contribution is 2.35. The molecule has 0 fully saturated rings. The predicted octanol–water partition coefficient (Wildman–Crippen LogP) is 4.52. The molecular formula is C18H18Cl2N2. The molecule has 1 unspecified atom stereocenters. The summed E-state index contributed by atoms with van der Waals surface area (Å²) in [4.78, 5) is 3.60. The molecule has 0 spiro atoms. The number of para-hydroxylation sites is 1. The second kappa shape index (κ2) is 6.33. The number of aromatic nitrogens is 1. The van der Waals surface area contributed by atoms with Crippen molar-refractivity contribution in [2.75, 3.05) is 13.1 Å². The Balaban J connectivity index is 0.00000144. The third-order valence-corrected chi connectivity index (χ3v) is 4.60. The zero-order chi connectivity index (χ0) is 14.2. The highest BCUT2D eigenvalue weighted by molar-refractivity contribution is 6.30. The maximum Gasteiger partial charge on any atom is 0.0459 e. The molecule has 0 saturated carbocycles. The molecule has 2 N–H and O–H groups in total. The van der Waals surface area contributed by atoms with E-state index in [1.54, 1.807) is 0 Å². The van der Waals surface area contributed by atoms with Gasteiger partial charge in [0.25, 0.3) is 0 Å². The minimum absolute atomic E-state index is 0. The molecule has 0 amide bonds. The van der Waals surface area contributed by atoms with Crippen molar-refractivity contribution in [2.24, 2.45) is 0 Å². The largest absolute Gasteiger partial charge is 0.358 e. The van der Waals surface area contributed by atoms with Gasteiger partial charge in [0.05, 0.1) is 0 Å². The first kappa shape index (κ1) is 15.4. The normalized spacial score (nSPS) is 17.6. The molecule has 2 aromatic carbocycles. The van der Waals surface area contributed by atoms with Crippen LogP contribution in [0.25, 0.3) is 10.9 Å². The first-order valence-corrected chi connectivity index (χ1v) is 7.76. The SMILES string of the molecule is Cl.Clc1ccc(C2CNCCc3[nH]c4ccccc4c32)cc1. The van der Waals surface area contributed by atoms with E-state index in [4.69, 9.17) is 11.6 Å². The lowest BCUT2D eigenvalue weighted by Crippen LogP contribution is -2.21. The third kappa shape index (κ3) is 2.63. The molecule has 4 heteroatoms. The molecule has 1 aliphatic rings. The first-order valence-electron chi connectivity index (χ1n) is 7.38. The van der Waals surface area contributed by atoms with Crippen LogP contribution in [0.3, 0.4) is 0 Å². The van der Waals surface area contributed by atoms with Gasteiger partial charge in [0.2, 0.25) is 0 Å². The molecule has 1 aliphatic heterocycles. The van der Waals surface area contributed by atoms with Crippen molar-refractivity contribution >= 4 is 34.9 Å². The van der Waals surface area contributed by atoms with E-state index in [0.717, 1.165) is 24.5 Å². The molecule has 2 heterocycles. The predicted molar refractivity (Wildman–Crippen MR) is 95.4 cm³/mol. The molecular weight excluding hydrogens is 315 g/mol. The maximum absolute atomic E-state index is 6.04. The highest BCUT2D eigenvalue weighted by atomic mass is 35.5. The van der Waals surface area contributed by atoms with Crippen molar-refractivity contribution in [3.63, 3.8) is 0 Å². The second-order valence-corrected chi connectivity index (χ2v) is 6.06. The number of H-pyrrole nitrogens is 1. The summed E-state index contributed by atoms with van der Waals surface area (Å²) in [6.45, 7) is 1.99. The quantitative estimate of drug-likeness (QED) is 0.673. The van der Waals surface area contributed by atoms with Gasteiger partial charge in [-0.15, -0.1) is 12.4 Å². The first-order chi connectivity index (χ1) is 10.3. The lowest BCUT2D eigenvalue weighted by atomic mass is 9.89. The Kier molecular flexibility index (Phi) is 4.44. The average molecular weight is 333 g/mol. The van der Waals surface area contributed by atoms with E-state index >= 15 is 0 Å². The van der Waals surface area contributed by atoms with Crippen molar-refractivity contribution in [2.45, 2.75) is 12.3 Å². The van der Waals surface area contributed by atoms with Gasteiger partial charge >= 0.3 is 0 Å². The maximum atomic E-state index is 6.04. The number of hydrogen-bond donors (Lipinski definition) is 2. The van der Waals surface area contributed by atoms with E-state index in [1.807, 2.05) is 12.1 Å². The summed E-state index contributed by atoms with van der Waals surface area (Å²) in [6, 6.07) is 16.8. The van der Waals surface area contributed by atoms with E-state index in [1.165, 1.54) is 27.7 Å². The van der Waals surface area contributed by atoms with Crippen LogP contribution in [-0.2, 0) is 6.42 Å². The Morgan fingerprint density at radius 3 is 2.59 bits per heavy atom. The average Bonchev–Trinajstić information content (AvgIpc) is 2.74. The monoisotopic (exact) mass is 332 g/mol. The molecule has 114 valence electrons. The zero-order valence-electron chi connectivity index (χ0n) is 12.1. The van der Waals surface area contributed by atoms with E-state index in [0.29, 0.717) is 5.92 Å². The fourth-order valence-corrected chi connectivity index (χ4v) is 3.48. The number of fused-ring (bicyclic) bond motifs is 3. The van der Waals surface area contributed by atoms with E-state index in [-0.39, 0.29) is 12.4 Å². The van der Waals surface area contributed by atoms with Crippen LogP contribution in [-0.4, -0.2) is 18.1 Å². The molecule has 3 aromatic rings. The van der Waals surface area contributed by atoms with Crippen LogP contribution in [0.4, 0.5) is 0 Å². The molecule has 0 saturated heterocycles. The van der Waals surface area contributed by atoms with Gasteiger partial charge in [-0.05, 0) is 29.3 Å². The molecule has 0 aliphatic carbocycles.